The lowest BCUT2D eigenvalue weighted by molar-refractivity contribution is -0.113. The van der Waals surface area contributed by atoms with E-state index in [9.17, 15) is 14.4 Å². The van der Waals surface area contributed by atoms with Crippen molar-refractivity contribution in [2.75, 3.05) is 11.1 Å². The van der Waals surface area contributed by atoms with E-state index in [1.165, 1.54) is 23.9 Å². The molecule has 0 fully saturated rings. The van der Waals surface area contributed by atoms with E-state index < -0.39 is 11.8 Å². The van der Waals surface area contributed by atoms with Crippen molar-refractivity contribution < 1.29 is 14.4 Å². The molecule has 0 saturated carbocycles. The van der Waals surface area contributed by atoms with Gasteiger partial charge in [-0.1, -0.05) is 24.8 Å². The number of anilines is 1. The molecule has 1 aromatic carbocycles. The summed E-state index contributed by atoms with van der Waals surface area (Å²) in [5, 5.41) is 13.8. The Hall–Kier alpha value is -2.94. The maximum Gasteiger partial charge on any atom is 0.259 e. The Kier molecular flexibility index (Phi) is 5.17. The van der Waals surface area contributed by atoms with Crippen molar-refractivity contribution in [1.29, 1.82) is 0 Å². The Bertz CT molecular complexity index is 906. The number of aromatic nitrogens is 3. The second-order valence-corrected chi connectivity index (χ2v) is 6.47. The molecule has 0 unspecified atom stereocenters. The number of thioether (sulfide) groups is 1. The Morgan fingerprint density at radius 1 is 1.31 bits per heavy atom. The number of carbonyl (C=O) groups is 3. The summed E-state index contributed by atoms with van der Waals surface area (Å²) in [6.45, 7) is 6.28. The minimum Gasteiger partial charge on any atom is -0.325 e. The molecule has 0 atom stereocenters. The number of nitrogens with one attached hydrogen (secondary N) is 2. The molecule has 9 heteroatoms. The summed E-state index contributed by atoms with van der Waals surface area (Å²) >= 11 is 1.27. The van der Waals surface area contributed by atoms with Gasteiger partial charge in [-0.25, -0.2) is 0 Å². The van der Waals surface area contributed by atoms with E-state index in [2.05, 4.69) is 27.4 Å². The fourth-order valence-corrected chi connectivity index (χ4v) is 3.34. The van der Waals surface area contributed by atoms with Gasteiger partial charge in [-0.05, 0) is 18.2 Å². The standard InChI is InChI=1S/C17H17N5O3S/c1-3-7-22-13(4-2)20-21-17(22)26-9-14(23)18-10-5-6-11-12(8-10)16(25)19-15(11)24/h3,5-6,8H,1,4,7,9H2,2H3,(H,18,23)(H,19,24,25). The molecule has 1 aliphatic heterocycles. The molecule has 0 radical (unpaired) electrons. The summed E-state index contributed by atoms with van der Waals surface area (Å²) in [6, 6.07) is 4.61. The summed E-state index contributed by atoms with van der Waals surface area (Å²) in [7, 11) is 0. The molecule has 2 heterocycles. The normalized spacial score (nSPS) is 12.7. The Morgan fingerprint density at radius 3 is 2.81 bits per heavy atom. The fraction of sp³-hybridized carbons (Fsp3) is 0.235. The monoisotopic (exact) mass is 371 g/mol. The second-order valence-electron chi connectivity index (χ2n) is 5.53. The van der Waals surface area contributed by atoms with Crippen LogP contribution < -0.4 is 10.6 Å². The first-order valence-corrected chi connectivity index (χ1v) is 8.97. The molecule has 26 heavy (non-hydrogen) atoms. The molecular formula is C17H17N5O3S. The van der Waals surface area contributed by atoms with Crippen LogP contribution in [0.4, 0.5) is 5.69 Å². The Labute approximate surface area is 154 Å². The molecule has 3 amide bonds. The summed E-state index contributed by atoms with van der Waals surface area (Å²) in [6.07, 6.45) is 2.49. The SMILES string of the molecule is C=CCn1c(CC)nnc1SCC(=O)Nc1ccc2c(c1)C(=O)NC2=O. The van der Waals surface area contributed by atoms with Gasteiger partial charge in [0, 0.05) is 18.7 Å². The van der Waals surface area contributed by atoms with Crippen molar-refractivity contribution in [3.63, 3.8) is 0 Å². The van der Waals surface area contributed by atoms with Crippen LogP contribution in [-0.4, -0.2) is 38.2 Å². The highest BCUT2D eigenvalue weighted by molar-refractivity contribution is 7.99. The van der Waals surface area contributed by atoms with Crippen molar-refractivity contribution in [1.82, 2.24) is 20.1 Å². The lowest BCUT2D eigenvalue weighted by Gasteiger charge is -2.08. The molecular weight excluding hydrogens is 354 g/mol. The molecule has 0 spiro atoms. The Morgan fingerprint density at radius 2 is 2.08 bits per heavy atom. The van der Waals surface area contributed by atoms with Gasteiger partial charge in [0.1, 0.15) is 5.82 Å². The van der Waals surface area contributed by atoms with Crippen molar-refractivity contribution >= 4 is 35.2 Å². The molecule has 2 N–H and O–H groups in total. The van der Waals surface area contributed by atoms with Crippen LogP contribution in [0.2, 0.25) is 0 Å². The predicted molar refractivity (Wildman–Crippen MR) is 97.2 cm³/mol. The summed E-state index contributed by atoms with van der Waals surface area (Å²) in [5.74, 6) is -0.152. The van der Waals surface area contributed by atoms with Crippen molar-refractivity contribution in [3.8, 4) is 0 Å². The number of nitrogens with zero attached hydrogens (tertiary/aromatic N) is 3. The number of aryl methyl sites for hydroxylation is 1. The Balaban J connectivity index is 1.64. The van der Waals surface area contributed by atoms with Crippen LogP contribution in [-0.2, 0) is 17.8 Å². The smallest absolute Gasteiger partial charge is 0.259 e. The van der Waals surface area contributed by atoms with E-state index in [0.717, 1.165) is 12.2 Å². The third-order valence-electron chi connectivity index (χ3n) is 3.77. The van der Waals surface area contributed by atoms with E-state index in [4.69, 9.17) is 0 Å². The summed E-state index contributed by atoms with van der Waals surface area (Å²) in [5.41, 5.74) is 1.03. The first kappa shape index (κ1) is 17.9. The number of hydrogen-bond donors (Lipinski definition) is 2. The molecule has 0 bridgehead atoms. The van der Waals surface area contributed by atoms with Gasteiger partial charge in [0.2, 0.25) is 5.91 Å². The average molecular weight is 371 g/mol. The fourth-order valence-electron chi connectivity index (χ4n) is 2.57. The van der Waals surface area contributed by atoms with Gasteiger partial charge in [-0.2, -0.15) is 0 Å². The van der Waals surface area contributed by atoms with E-state index >= 15 is 0 Å². The average Bonchev–Trinajstić information content (AvgIpc) is 3.14. The summed E-state index contributed by atoms with van der Waals surface area (Å²) in [4.78, 5) is 35.4. The zero-order valence-electron chi connectivity index (χ0n) is 14.1. The first-order chi connectivity index (χ1) is 12.5. The van der Waals surface area contributed by atoms with E-state index in [0.29, 0.717) is 23.0 Å². The van der Waals surface area contributed by atoms with E-state index in [1.807, 2.05) is 11.5 Å². The number of fused-ring (bicyclic) bond motifs is 1. The number of hydrogen-bond acceptors (Lipinski definition) is 6. The van der Waals surface area contributed by atoms with Crippen LogP contribution >= 0.6 is 11.8 Å². The number of benzene rings is 1. The lowest BCUT2D eigenvalue weighted by Crippen LogP contribution is -2.19. The van der Waals surface area contributed by atoms with Crippen LogP contribution in [0, 0.1) is 0 Å². The van der Waals surface area contributed by atoms with Gasteiger partial charge in [0.15, 0.2) is 5.16 Å². The van der Waals surface area contributed by atoms with Gasteiger partial charge in [0.25, 0.3) is 11.8 Å². The highest BCUT2D eigenvalue weighted by Gasteiger charge is 2.26. The number of rotatable bonds is 7. The van der Waals surface area contributed by atoms with Gasteiger partial charge in [0.05, 0.1) is 16.9 Å². The zero-order valence-corrected chi connectivity index (χ0v) is 14.9. The highest BCUT2D eigenvalue weighted by atomic mass is 32.2. The zero-order chi connectivity index (χ0) is 18.7. The second kappa shape index (κ2) is 7.52. The first-order valence-electron chi connectivity index (χ1n) is 7.98. The molecule has 134 valence electrons. The molecule has 8 nitrogen and oxygen atoms in total. The maximum atomic E-state index is 12.2. The van der Waals surface area contributed by atoms with Gasteiger partial charge < -0.3 is 9.88 Å². The van der Waals surface area contributed by atoms with Crippen LogP contribution in [0.5, 0.6) is 0 Å². The number of imide groups is 1. The van der Waals surface area contributed by atoms with Gasteiger partial charge in [-0.15, -0.1) is 16.8 Å². The quantitative estimate of drug-likeness (QED) is 0.435. The van der Waals surface area contributed by atoms with Crippen LogP contribution in [0.15, 0.2) is 36.0 Å². The van der Waals surface area contributed by atoms with Crippen LogP contribution in [0.1, 0.15) is 33.5 Å². The summed E-state index contributed by atoms with van der Waals surface area (Å²) < 4.78 is 1.91. The minimum atomic E-state index is -0.458. The van der Waals surface area contributed by atoms with Gasteiger partial charge >= 0.3 is 0 Å². The number of amides is 3. The third kappa shape index (κ3) is 3.52. The molecule has 1 aliphatic rings. The van der Waals surface area contributed by atoms with Gasteiger partial charge in [-0.3, -0.25) is 19.7 Å². The molecule has 3 rings (SSSR count). The molecule has 1 aromatic heterocycles. The van der Waals surface area contributed by atoms with Crippen molar-refractivity contribution in [2.24, 2.45) is 0 Å². The highest BCUT2D eigenvalue weighted by Crippen LogP contribution is 2.21. The molecule has 0 saturated heterocycles. The molecule has 0 aliphatic carbocycles. The topological polar surface area (TPSA) is 106 Å². The largest absolute Gasteiger partial charge is 0.325 e. The predicted octanol–water partition coefficient (Wildman–Crippen LogP) is 1.64. The number of carbonyl (C=O) groups excluding carboxylic acids is 3. The molecule has 2 aromatic rings. The lowest BCUT2D eigenvalue weighted by atomic mass is 10.1. The minimum absolute atomic E-state index is 0.140. The van der Waals surface area contributed by atoms with Crippen LogP contribution in [0.25, 0.3) is 0 Å². The maximum absolute atomic E-state index is 12.2. The van der Waals surface area contributed by atoms with Crippen molar-refractivity contribution in [2.45, 2.75) is 25.0 Å². The van der Waals surface area contributed by atoms with Crippen molar-refractivity contribution in [3.05, 3.63) is 47.8 Å². The number of allylic oxidation sites excluding steroid dienone is 1. The van der Waals surface area contributed by atoms with E-state index in [-0.39, 0.29) is 17.2 Å². The van der Waals surface area contributed by atoms with Crippen LogP contribution in [0.3, 0.4) is 0 Å². The van der Waals surface area contributed by atoms with E-state index in [1.54, 1.807) is 12.1 Å². The third-order valence-corrected chi connectivity index (χ3v) is 4.74.